The highest BCUT2D eigenvalue weighted by atomic mass is 16.2. The summed E-state index contributed by atoms with van der Waals surface area (Å²) < 4.78 is 1.57. The van der Waals surface area contributed by atoms with Crippen molar-refractivity contribution in [2.24, 2.45) is 0 Å². The fourth-order valence-corrected chi connectivity index (χ4v) is 1.50. The summed E-state index contributed by atoms with van der Waals surface area (Å²) in [5.41, 5.74) is 0.697. The minimum Gasteiger partial charge on any atom is -0.304 e. The lowest BCUT2D eigenvalue weighted by molar-refractivity contribution is 0.673. The van der Waals surface area contributed by atoms with Crippen LogP contribution in [0.2, 0.25) is 0 Å². The maximum Gasteiger partial charge on any atom is 0.326 e. The van der Waals surface area contributed by atoms with E-state index >= 15 is 0 Å². The third-order valence-corrected chi connectivity index (χ3v) is 2.11. The lowest BCUT2D eigenvalue weighted by atomic mass is 10.4. The number of aryl methyl sites for hydroxylation is 2. The first-order chi connectivity index (χ1) is 6.63. The second-order valence-electron chi connectivity index (χ2n) is 3.03. The molecular formula is C8H10N4O2. The summed E-state index contributed by atoms with van der Waals surface area (Å²) in [7, 11) is 0. The van der Waals surface area contributed by atoms with Gasteiger partial charge in [-0.3, -0.25) is 14.5 Å². The van der Waals surface area contributed by atoms with Crippen molar-refractivity contribution in [1.29, 1.82) is 0 Å². The number of aromatic amines is 2. The molecule has 6 nitrogen and oxygen atoms in total. The van der Waals surface area contributed by atoms with E-state index in [4.69, 9.17) is 0 Å². The monoisotopic (exact) mass is 194 g/mol. The molecule has 0 unspecified atom stereocenters. The zero-order valence-electron chi connectivity index (χ0n) is 7.92. The van der Waals surface area contributed by atoms with Gasteiger partial charge in [0.2, 0.25) is 0 Å². The average molecular weight is 194 g/mol. The Morgan fingerprint density at radius 3 is 2.71 bits per heavy atom. The van der Waals surface area contributed by atoms with Crippen LogP contribution in [0.25, 0.3) is 11.0 Å². The van der Waals surface area contributed by atoms with E-state index in [-0.39, 0.29) is 0 Å². The van der Waals surface area contributed by atoms with Gasteiger partial charge in [-0.05, 0) is 13.8 Å². The van der Waals surface area contributed by atoms with Gasteiger partial charge >= 0.3 is 5.69 Å². The number of rotatable bonds is 1. The highest BCUT2D eigenvalue weighted by Crippen LogP contribution is 2.08. The normalized spacial score (nSPS) is 11.0. The molecule has 0 aliphatic carbocycles. The first-order valence-electron chi connectivity index (χ1n) is 4.33. The highest BCUT2D eigenvalue weighted by molar-refractivity contribution is 5.75. The van der Waals surface area contributed by atoms with E-state index in [2.05, 4.69) is 15.1 Å². The number of hydrogen-bond donors (Lipinski definition) is 2. The van der Waals surface area contributed by atoms with Crippen LogP contribution in [0, 0.1) is 6.92 Å². The Balaban J connectivity index is 3.04. The van der Waals surface area contributed by atoms with Gasteiger partial charge in [-0.15, -0.1) is 0 Å². The number of nitrogens with one attached hydrogen (secondary N) is 2. The van der Waals surface area contributed by atoms with Crippen molar-refractivity contribution in [1.82, 2.24) is 19.7 Å². The third-order valence-electron chi connectivity index (χ3n) is 2.11. The van der Waals surface area contributed by atoms with Crippen LogP contribution in [0.5, 0.6) is 0 Å². The summed E-state index contributed by atoms with van der Waals surface area (Å²) in [6.07, 6.45) is 0. The van der Waals surface area contributed by atoms with Crippen LogP contribution < -0.4 is 11.2 Å². The van der Waals surface area contributed by atoms with E-state index in [0.717, 1.165) is 0 Å². The van der Waals surface area contributed by atoms with Crippen LogP contribution in [0.1, 0.15) is 12.6 Å². The van der Waals surface area contributed by atoms with Gasteiger partial charge in [0.15, 0.2) is 5.52 Å². The van der Waals surface area contributed by atoms with Gasteiger partial charge in [0, 0.05) is 6.54 Å². The number of nitrogens with zero attached hydrogens (tertiary/aromatic N) is 2. The molecule has 74 valence electrons. The maximum atomic E-state index is 11.5. The van der Waals surface area contributed by atoms with Crippen molar-refractivity contribution in [3.8, 4) is 0 Å². The van der Waals surface area contributed by atoms with E-state index in [0.29, 0.717) is 23.3 Å². The summed E-state index contributed by atoms with van der Waals surface area (Å²) in [6.45, 7) is 4.24. The molecule has 0 radical (unpaired) electrons. The number of fused-ring (bicyclic) bond motifs is 1. The number of H-pyrrole nitrogens is 2. The summed E-state index contributed by atoms with van der Waals surface area (Å²) in [5, 5.41) is 4.14. The summed E-state index contributed by atoms with van der Waals surface area (Å²) in [6, 6.07) is 0. The van der Waals surface area contributed by atoms with Crippen LogP contribution in [0.3, 0.4) is 0 Å². The molecule has 0 saturated carbocycles. The topological polar surface area (TPSA) is 83.5 Å². The molecule has 2 aromatic heterocycles. The first-order valence-corrected chi connectivity index (χ1v) is 4.33. The molecule has 0 atom stereocenters. The molecule has 0 bridgehead atoms. The van der Waals surface area contributed by atoms with E-state index < -0.39 is 11.2 Å². The molecule has 2 aromatic rings. The van der Waals surface area contributed by atoms with Crippen molar-refractivity contribution >= 4 is 11.0 Å². The quantitative estimate of drug-likeness (QED) is 0.656. The van der Waals surface area contributed by atoms with Gasteiger partial charge in [-0.2, -0.15) is 5.10 Å². The Morgan fingerprint density at radius 1 is 1.36 bits per heavy atom. The summed E-state index contributed by atoms with van der Waals surface area (Å²) in [4.78, 5) is 27.2. The highest BCUT2D eigenvalue weighted by Gasteiger charge is 2.10. The molecule has 6 heteroatoms. The largest absolute Gasteiger partial charge is 0.326 e. The predicted octanol–water partition coefficient (Wildman–Crippen LogP) is -0.259. The smallest absolute Gasteiger partial charge is 0.304 e. The first kappa shape index (κ1) is 8.74. The lowest BCUT2D eigenvalue weighted by Crippen LogP contribution is -2.23. The molecule has 0 aromatic carbocycles. The Bertz CT molecular complexity index is 589. The molecule has 2 heterocycles. The third kappa shape index (κ3) is 1.07. The minimum atomic E-state index is -0.499. The molecule has 0 aliphatic rings. The molecule has 14 heavy (non-hydrogen) atoms. The molecule has 0 spiro atoms. The van der Waals surface area contributed by atoms with Crippen LogP contribution in [-0.4, -0.2) is 19.7 Å². The maximum absolute atomic E-state index is 11.5. The van der Waals surface area contributed by atoms with Gasteiger partial charge in [-0.25, -0.2) is 4.79 Å². The van der Waals surface area contributed by atoms with Gasteiger partial charge < -0.3 is 4.98 Å². The van der Waals surface area contributed by atoms with Crippen LogP contribution >= 0.6 is 0 Å². The minimum absolute atomic E-state index is 0.397. The molecule has 0 fully saturated rings. The molecule has 0 amide bonds. The van der Waals surface area contributed by atoms with Gasteiger partial charge in [0.1, 0.15) is 0 Å². The zero-order chi connectivity index (χ0) is 10.3. The Morgan fingerprint density at radius 2 is 2.07 bits per heavy atom. The average Bonchev–Trinajstić information content (AvgIpc) is 2.43. The van der Waals surface area contributed by atoms with Crippen molar-refractivity contribution in [2.45, 2.75) is 20.4 Å². The van der Waals surface area contributed by atoms with E-state index in [9.17, 15) is 9.59 Å². The van der Waals surface area contributed by atoms with E-state index in [1.54, 1.807) is 11.6 Å². The predicted molar refractivity (Wildman–Crippen MR) is 51.4 cm³/mol. The fourth-order valence-electron chi connectivity index (χ4n) is 1.50. The Hall–Kier alpha value is -1.85. The van der Waals surface area contributed by atoms with Gasteiger partial charge in [0.05, 0.1) is 11.2 Å². The van der Waals surface area contributed by atoms with Crippen molar-refractivity contribution in [3.63, 3.8) is 0 Å². The second kappa shape index (κ2) is 2.83. The van der Waals surface area contributed by atoms with E-state index in [1.807, 2.05) is 6.92 Å². The van der Waals surface area contributed by atoms with Crippen molar-refractivity contribution in [3.05, 3.63) is 26.5 Å². The fraction of sp³-hybridized carbons (Fsp3) is 0.375. The van der Waals surface area contributed by atoms with Crippen LogP contribution in [0.4, 0.5) is 0 Å². The van der Waals surface area contributed by atoms with Gasteiger partial charge in [0.25, 0.3) is 5.56 Å². The summed E-state index contributed by atoms with van der Waals surface area (Å²) >= 11 is 0. The Labute approximate surface area is 78.6 Å². The second-order valence-corrected chi connectivity index (χ2v) is 3.03. The van der Waals surface area contributed by atoms with Crippen molar-refractivity contribution < 1.29 is 0 Å². The SMILES string of the molecule is CCn1nc(C)c2[nH]c(=O)[nH]c(=O)c21. The molecule has 0 aliphatic heterocycles. The molecule has 2 rings (SSSR count). The number of aromatic nitrogens is 4. The lowest BCUT2D eigenvalue weighted by Gasteiger charge is -1.94. The van der Waals surface area contributed by atoms with Crippen LogP contribution in [0.15, 0.2) is 9.59 Å². The summed E-state index contributed by atoms with van der Waals surface area (Å²) in [5.74, 6) is 0. The molecule has 0 saturated heterocycles. The van der Waals surface area contributed by atoms with Crippen LogP contribution in [-0.2, 0) is 6.54 Å². The van der Waals surface area contributed by atoms with Gasteiger partial charge in [-0.1, -0.05) is 0 Å². The zero-order valence-corrected chi connectivity index (χ0v) is 7.92. The van der Waals surface area contributed by atoms with Crippen molar-refractivity contribution in [2.75, 3.05) is 0 Å². The van der Waals surface area contributed by atoms with E-state index in [1.165, 1.54) is 0 Å². The molecular weight excluding hydrogens is 184 g/mol. The molecule has 2 N–H and O–H groups in total. The Kier molecular flexibility index (Phi) is 1.77. The number of hydrogen-bond acceptors (Lipinski definition) is 3. The standard InChI is InChI=1S/C8H10N4O2/c1-3-12-6-5(4(2)11-12)9-8(14)10-7(6)13/h3H2,1-2H3,(H2,9,10,13,14).